The van der Waals surface area contributed by atoms with Gasteiger partial charge in [-0.3, -0.25) is 19.3 Å². The Morgan fingerprint density at radius 1 is 1.09 bits per heavy atom. The first-order valence-corrected chi connectivity index (χ1v) is 12.0. The number of hydrogen-bond acceptors (Lipinski definition) is 7. The molecule has 1 aromatic carbocycles. The summed E-state index contributed by atoms with van der Waals surface area (Å²) >= 11 is 0. The summed E-state index contributed by atoms with van der Waals surface area (Å²) in [4.78, 5) is 35.3. The molecule has 0 spiro atoms. The summed E-state index contributed by atoms with van der Waals surface area (Å²) in [6.07, 6.45) is 3.19. The molecule has 9 nitrogen and oxygen atoms in total. The number of benzene rings is 1. The van der Waals surface area contributed by atoms with Crippen LogP contribution in [-0.4, -0.2) is 65.2 Å². The number of hydrogen-bond donors (Lipinski definition) is 1. The maximum Gasteiger partial charge on any atom is 0.280 e. The number of rotatable bonds is 10. The molecule has 10 heteroatoms. The molecule has 1 fully saturated rings. The van der Waals surface area contributed by atoms with Crippen molar-refractivity contribution in [2.24, 2.45) is 10.5 Å². The third-order valence-electron chi connectivity index (χ3n) is 5.39. The molecule has 32 heavy (non-hydrogen) atoms. The Labute approximate surface area is 189 Å². The standard InChI is InChI=1S/C22H31N3O6S/c1-21(2,3)20(28)15-25(32(30,31)22(29)12-8-5-9-13-22)23-16-24(17-26)14-19(27)18-10-6-4-7-11-18/h4,6-7,10-11,16-17,29H,5,8-9,12-15H2,1-3H3. The van der Waals surface area contributed by atoms with Crippen LogP contribution in [0.15, 0.2) is 35.4 Å². The van der Waals surface area contributed by atoms with E-state index in [4.69, 9.17) is 0 Å². The van der Waals surface area contributed by atoms with Crippen LogP contribution in [0, 0.1) is 5.41 Å². The van der Waals surface area contributed by atoms with E-state index in [1.807, 2.05) is 0 Å². The van der Waals surface area contributed by atoms with Crippen molar-refractivity contribution in [3.8, 4) is 0 Å². The zero-order chi connectivity index (χ0) is 24.0. The van der Waals surface area contributed by atoms with Gasteiger partial charge in [-0.15, -0.1) is 0 Å². The van der Waals surface area contributed by atoms with Crippen LogP contribution < -0.4 is 0 Å². The maximum absolute atomic E-state index is 13.3. The van der Waals surface area contributed by atoms with Gasteiger partial charge in [-0.1, -0.05) is 57.5 Å². The number of hydrazone groups is 1. The van der Waals surface area contributed by atoms with Crippen LogP contribution in [0.2, 0.25) is 0 Å². The molecular formula is C22H31N3O6S. The molecule has 0 aromatic heterocycles. The van der Waals surface area contributed by atoms with Crippen LogP contribution in [0.3, 0.4) is 0 Å². The van der Waals surface area contributed by atoms with Crippen LogP contribution >= 0.6 is 0 Å². The minimum Gasteiger partial charge on any atom is -0.373 e. The fraction of sp³-hybridized carbons (Fsp3) is 0.545. The number of ketones is 2. The topological polar surface area (TPSA) is 124 Å². The van der Waals surface area contributed by atoms with Crippen molar-refractivity contribution < 1.29 is 27.9 Å². The Bertz CT molecular complexity index is 948. The first-order chi connectivity index (χ1) is 14.9. The summed E-state index contributed by atoms with van der Waals surface area (Å²) in [5.41, 5.74) is -0.455. The third-order valence-corrected chi connectivity index (χ3v) is 7.54. The highest BCUT2D eigenvalue weighted by molar-refractivity contribution is 7.90. The molecule has 0 saturated heterocycles. The lowest BCUT2D eigenvalue weighted by Crippen LogP contribution is -2.50. The molecule has 2 rings (SSSR count). The summed E-state index contributed by atoms with van der Waals surface area (Å²) < 4.78 is 27.1. The van der Waals surface area contributed by atoms with Gasteiger partial charge in [-0.2, -0.15) is 9.52 Å². The highest BCUT2D eigenvalue weighted by Crippen LogP contribution is 2.35. The Morgan fingerprint density at radius 2 is 1.69 bits per heavy atom. The molecule has 1 aromatic rings. The van der Waals surface area contributed by atoms with Crippen LogP contribution in [0.5, 0.6) is 0 Å². The molecule has 0 aliphatic heterocycles. The van der Waals surface area contributed by atoms with Gasteiger partial charge in [-0.25, -0.2) is 8.42 Å². The van der Waals surface area contributed by atoms with E-state index in [0.29, 0.717) is 29.2 Å². The quantitative estimate of drug-likeness (QED) is 0.186. The van der Waals surface area contributed by atoms with E-state index in [1.54, 1.807) is 51.1 Å². The van der Waals surface area contributed by atoms with E-state index in [1.165, 1.54) is 0 Å². The number of carbonyl (C=O) groups is 3. The van der Waals surface area contributed by atoms with Crippen molar-refractivity contribution in [3.05, 3.63) is 35.9 Å². The average Bonchev–Trinajstić information content (AvgIpc) is 2.75. The van der Waals surface area contributed by atoms with Gasteiger partial charge in [-0.05, 0) is 25.7 Å². The molecule has 176 valence electrons. The molecule has 1 aliphatic rings. The first kappa shape index (κ1) is 25.7. The van der Waals surface area contributed by atoms with Crippen molar-refractivity contribution >= 4 is 34.3 Å². The van der Waals surface area contributed by atoms with E-state index in [2.05, 4.69) is 5.10 Å². The van der Waals surface area contributed by atoms with Crippen LogP contribution in [-0.2, 0) is 19.6 Å². The van der Waals surface area contributed by atoms with Gasteiger partial charge >= 0.3 is 0 Å². The summed E-state index contributed by atoms with van der Waals surface area (Å²) in [5, 5.41) is 14.7. The zero-order valence-corrected chi connectivity index (χ0v) is 19.5. The molecule has 1 aliphatic carbocycles. The predicted octanol–water partition coefficient (Wildman–Crippen LogP) is 2.17. The van der Waals surface area contributed by atoms with E-state index in [9.17, 15) is 27.9 Å². The van der Waals surface area contributed by atoms with Crippen LogP contribution in [0.25, 0.3) is 0 Å². The predicted molar refractivity (Wildman–Crippen MR) is 120 cm³/mol. The highest BCUT2D eigenvalue weighted by Gasteiger charge is 2.47. The average molecular weight is 466 g/mol. The number of amides is 1. The lowest BCUT2D eigenvalue weighted by molar-refractivity contribution is -0.126. The minimum atomic E-state index is -4.42. The van der Waals surface area contributed by atoms with E-state index >= 15 is 0 Å². The van der Waals surface area contributed by atoms with Crippen molar-refractivity contribution in [3.63, 3.8) is 0 Å². The fourth-order valence-electron chi connectivity index (χ4n) is 3.22. The zero-order valence-electron chi connectivity index (χ0n) is 18.7. The molecule has 0 heterocycles. The largest absolute Gasteiger partial charge is 0.373 e. The van der Waals surface area contributed by atoms with Crippen molar-refractivity contribution in [2.45, 2.75) is 57.8 Å². The number of carbonyl (C=O) groups excluding carboxylic acids is 3. The Morgan fingerprint density at radius 3 is 2.22 bits per heavy atom. The number of nitrogens with zero attached hydrogens (tertiary/aromatic N) is 3. The van der Waals surface area contributed by atoms with Gasteiger partial charge in [0.15, 0.2) is 16.5 Å². The summed E-state index contributed by atoms with van der Waals surface area (Å²) in [5.74, 6) is -0.772. The van der Waals surface area contributed by atoms with Gasteiger partial charge in [0.2, 0.25) is 6.41 Å². The van der Waals surface area contributed by atoms with Crippen LogP contribution in [0.4, 0.5) is 0 Å². The van der Waals surface area contributed by atoms with Crippen molar-refractivity contribution in [1.29, 1.82) is 0 Å². The number of aliphatic hydroxyl groups is 1. The number of Topliss-reactive ketones (excluding diaryl/α,β-unsaturated/α-hetero) is 2. The molecular weight excluding hydrogens is 434 g/mol. The van der Waals surface area contributed by atoms with E-state index in [-0.39, 0.29) is 25.2 Å². The highest BCUT2D eigenvalue weighted by atomic mass is 32.2. The molecule has 0 unspecified atom stereocenters. The Balaban J connectivity index is 2.29. The summed E-state index contributed by atoms with van der Waals surface area (Å²) in [6.45, 7) is 3.99. The Kier molecular flexibility index (Phi) is 8.30. The first-order valence-electron chi connectivity index (χ1n) is 10.5. The second-order valence-corrected chi connectivity index (χ2v) is 11.1. The molecule has 0 atom stereocenters. The van der Waals surface area contributed by atoms with Gasteiger partial charge in [0.1, 0.15) is 12.9 Å². The fourth-order valence-corrected chi connectivity index (χ4v) is 4.87. The Hall–Kier alpha value is -2.59. The van der Waals surface area contributed by atoms with Crippen LogP contribution in [0.1, 0.15) is 63.2 Å². The van der Waals surface area contributed by atoms with E-state index in [0.717, 1.165) is 17.7 Å². The monoisotopic (exact) mass is 465 g/mol. The maximum atomic E-state index is 13.3. The molecule has 0 radical (unpaired) electrons. The van der Waals surface area contributed by atoms with Gasteiger partial charge in [0, 0.05) is 11.0 Å². The molecule has 0 bridgehead atoms. The third kappa shape index (κ3) is 6.23. The lowest BCUT2D eigenvalue weighted by Gasteiger charge is -2.35. The number of sulfonamides is 1. The van der Waals surface area contributed by atoms with Gasteiger partial charge in [0.05, 0.1) is 6.54 Å². The summed E-state index contributed by atoms with van der Waals surface area (Å²) in [7, 11) is -4.42. The lowest BCUT2D eigenvalue weighted by atomic mass is 9.91. The molecule has 1 amide bonds. The smallest absolute Gasteiger partial charge is 0.280 e. The summed E-state index contributed by atoms with van der Waals surface area (Å²) in [6, 6.07) is 8.31. The second-order valence-electron chi connectivity index (χ2n) is 8.96. The SMILES string of the molecule is CC(C)(C)C(=O)CN(N=CN(C=O)CC(=O)c1ccccc1)S(=O)(=O)C1(O)CCCCC1. The van der Waals surface area contributed by atoms with Gasteiger partial charge in [0.25, 0.3) is 10.0 Å². The van der Waals surface area contributed by atoms with Crippen molar-refractivity contribution in [2.75, 3.05) is 13.1 Å². The van der Waals surface area contributed by atoms with E-state index < -0.39 is 32.7 Å². The molecule has 1 saturated carbocycles. The minimum absolute atomic E-state index is 0.0367. The second kappa shape index (κ2) is 10.4. The van der Waals surface area contributed by atoms with Gasteiger partial charge < -0.3 is 5.11 Å². The molecule has 1 N–H and O–H groups in total. The van der Waals surface area contributed by atoms with Crippen molar-refractivity contribution in [1.82, 2.24) is 9.31 Å². The normalized spacial score (nSPS) is 16.5.